The highest BCUT2D eigenvalue weighted by atomic mass is 35.5. The van der Waals surface area contributed by atoms with E-state index in [1.54, 1.807) is 22.6 Å². The molecule has 2 saturated heterocycles. The van der Waals surface area contributed by atoms with Gasteiger partial charge < -0.3 is 5.32 Å². The maximum absolute atomic E-state index is 13.1. The van der Waals surface area contributed by atoms with Crippen molar-refractivity contribution in [1.29, 1.82) is 0 Å². The van der Waals surface area contributed by atoms with E-state index in [0.717, 1.165) is 24.6 Å². The average Bonchev–Trinajstić information content (AvgIpc) is 2.85. The van der Waals surface area contributed by atoms with Crippen LogP contribution in [0.1, 0.15) is 19.3 Å². The summed E-state index contributed by atoms with van der Waals surface area (Å²) in [7, 11) is -3.50. The molecule has 5 nitrogen and oxygen atoms in total. The number of hydrogen-bond acceptors (Lipinski definition) is 4. The monoisotopic (exact) mass is 353 g/mol. The molecule has 3 heterocycles. The van der Waals surface area contributed by atoms with Crippen molar-refractivity contribution in [2.75, 3.05) is 13.1 Å². The Labute approximate surface area is 142 Å². The third kappa shape index (κ3) is 2.96. The number of para-hydroxylation sites is 1. The molecule has 2 aliphatic rings. The van der Waals surface area contributed by atoms with Gasteiger partial charge in [0.2, 0.25) is 10.0 Å². The van der Waals surface area contributed by atoms with Crippen molar-refractivity contribution in [2.24, 2.45) is 0 Å². The zero-order valence-electron chi connectivity index (χ0n) is 12.7. The Morgan fingerprint density at radius 2 is 1.87 bits per heavy atom. The van der Waals surface area contributed by atoms with Gasteiger partial charge in [0.25, 0.3) is 0 Å². The Balaban J connectivity index is 0.00000156. The van der Waals surface area contributed by atoms with Gasteiger partial charge in [-0.2, -0.15) is 4.31 Å². The van der Waals surface area contributed by atoms with Crippen molar-refractivity contribution >= 4 is 33.3 Å². The van der Waals surface area contributed by atoms with Gasteiger partial charge in [0.1, 0.15) is 4.90 Å². The molecule has 0 aliphatic carbocycles. The van der Waals surface area contributed by atoms with Gasteiger partial charge in [0, 0.05) is 36.8 Å². The third-order valence-corrected chi connectivity index (χ3v) is 6.60. The Hall–Kier alpha value is -1.21. The Kier molecular flexibility index (Phi) is 4.60. The Morgan fingerprint density at radius 3 is 2.74 bits per heavy atom. The fraction of sp³-hybridized carbons (Fsp3) is 0.438. The van der Waals surface area contributed by atoms with E-state index in [2.05, 4.69) is 10.3 Å². The summed E-state index contributed by atoms with van der Waals surface area (Å²) in [5, 5.41) is 4.38. The molecule has 2 aromatic rings. The van der Waals surface area contributed by atoms with Crippen LogP contribution >= 0.6 is 12.4 Å². The minimum atomic E-state index is -3.50. The molecular formula is C16H20ClN3O2S. The van der Waals surface area contributed by atoms with Gasteiger partial charge in [0.05, 0.1) is 5.52 Å². The number of pyridine rings is 1. The lowest BCUT2D eigenvalue weighted by Gasteiger charge is -2.24. The summed E-state index contributed by atoms with van der Waals surface area (Å²) in [5.41, 5.74) is 0.562. The van der Waals surface area contributed by atoms with Crippen molar-refractivity contribution in [2.45, 2.75) is 36.2 Å². The van der Waals surface area contributed by atoms with E-state index < -0.39 is 10.0 Å². The molecule has 0 amide bonds. The first-order chi connectivity index (χ1) is 10.6. The summed E-state index contributed by atoms with van der Waals surface area (Å²) in [6, 6.07) is 9.83. The zero-order valence-corrected chi connectivity index (χ0v) is 14.3. The van der Waals surface area contributed by atoms with Gasteiger partial charge in [-0.25, -0.2) is 8.42 Å². The fourth-order valence-corrected chi connectivity index (χ4v) is 5.22. The highest BCUT2D eigenvalue weighted by Gasteiger charge is 2.35. The van der Waals surface area contributed by atoms with E-state index in [-0.39, 0.29) is 18.4 Å². The van der Waals surface area contributed by atoms with E-state index in [1.165, 1.54) is 0 Å². The molecule has 0 spiro atoms. The maximum atomic E-state index is 13.1. The second-order valence-electron chi connectivity index (χ2n) is 6.12. The van der Waals surface area contributed by atoms with Gasteiger partial charge >= 0.3 is 0 Å². The largest absolute Gasteiger partial charge is 0.310 e. The summed E-state index contributed by atoms with van der Waals surface area (Å²) in [6.07, 6.45) is 4.75. The molecule has 2 fully saturated rings. The number of halogens is 1. The van der Waals surface area contributed by atoms with E-state index in [0.29, 0.717) is 29.5 Å². The van der Waals surface area contributed by atoms with Crippen molar-refractivity contribution in [1.82, 2.24) is 14.6 Å². The van der Waals surface area contributed by atoms with Crippen LogP contribution in [0, 0.1) is 0 Å². The molecule has 7 heteroatoms. The van der Waals surface area contributed by atoms with E-state index >= 15 is 0 Å². The highest BCUT2D eigenvalue weighted by Crippen LogP contribution is 2.28. The molecule has 2 unspecified atom stereocenters. The van der Waals surface area contributed by atoms with Crippen LogP contribution in [0.15, 0.2) is 41.4 Å². The second-order valence-corrected chi connectivity index (χ2v) is 8.03. The molecule has 0 radical (unpaired) electrons. The molecule has 1 aromatic carbocycles. The lowest BCUT2D eigenvalue weighted by molar-refractivity contribution is 0.383. The summed E-state index contributed by atoms with van der Waals surface area (Å²) >= 11 is 0. The normalized spacial score (nSPS) is 25.0. The van der Waals surface area contributed by atoms with E-state index in [9.17, 15) is 8.42 Å². The van der Waals surface area contributed by atoms with Crippen LogP contribution < -0.4 is 5.32 Å². The molecular weight excluding hydrogens is 334 g/mol. The van der Waals surface area contributed by atoms with Crippen LogP contribution in [0.25, 0.3) is 10.9 Å². The lowest BCUT2D eigenvalue weighted by Crippen LogP contribution is -2.39. The fourth-order valence-electron chi connectivity index (χ4n) is 3.55. The summed E-state index contributed by atoms with van der Waals surface area (Å²) in [4.78, 5) is 4.61. The highest BCUT2D eigenvalue weighted by molar-refractivity contribution is 7.89. The molecule has 1 N–H and O–H groups in total. The number of nitrogens with one attached hydrogen (secondary N) is 1. The zero-order chi connectivity index (χ0) is 15.2. The first kappa shape index (κ1) is 16.6. The van der Waals surface area contributed by atoms with Crippen LogP contribution in [-0.2, 0) is 10.0 Å². The first-order valence-electron chi connectivity index (χ1n) is 7.74. The molecule has 2 aliphatic heterocycles. The molecule has 2 bridgehead atoms. The third-order valence-electron chi connectivity index (χ3n) is 4.70. The topological polar surface area (TPSA) is 62.3 Å². The number of sulfonamides is 1. The Bertz CT molecular complexity index is 807. The first-order valence-corrected chi connectivity index (χ1v) is 9.18. The molecule has 4 rings (SSSR count). The number of hydrogen-bond donors (Lipinski definition) is 1. The number of benzene rings is 1. The van der Waals surface area contributed by atoms with Crippen LogP contribution in [-0.4, -0.2) is 42.9 Å². The summed E-state index contributed by atoms with van der Waals surface area (Å²) in [5.74, 6) is 0. The minimum absolute atomic E-state index is 0. The summed E-state index contributed by atoms with van der Waals surface area (Å²) < 4.78 is 27.8. The van der Waals surface area contributed by atoms with Crippen molar-refractivity contribution in [3.63, 3.8) is 0 Å². The van der Waals surface area contributed by atoms with Crippen LogP contribution in [0.4, 0.5) is 0 Å². The maximum Gasteiger partial charge on any atom is 0.245 e. The summed E-state index contributed by atoms with van der Waals surface area (Å²) in [6.45, 7) is 1.14. The molecule has 1 aromatic heterocycles. The van der Waals surface area contributed by atoms with Gasteiger partial charge in [-0.1, -0.05) is 18.2 Å². The standard InChI is InChI=1S/C16H19N3O2S.ClH/c20-22(21,19-10-8-13-6-7-14(11-19)18-13)15-5-1-3-12-4-2-9-17-16(12)15;/h1-5,9,13-14,18H,6-8,10-11H2;1H. The molecule has 2 atom stereocenters. The van der Waals surface area contributed by atoms with E-state index in [1.807, 2.05) is 18.2 Å². The number of rotatable bonds is 2. The minimum Gasteiger partial charge on any atom is -0.310 e. The molecule has 0 saturated carbocycles. The van der Waals surface area contributed by atoms with Gasteiger partial charge in [-0.05, 0) is 31.4 Å². The SMILES string of the molecule is Cl.O=S(=O)(c1cccc2cccnc12)N1CCC2CCC(C1)N2. The average molecular weight is 354 g/mol. The van der Waals surface area contributed by atoms with Crippen LogP contribution in [0.3, 0.4) is 0 Å². The van der Waals surface area contributed by atoms with Gasteiger partial charge in [-0.3, -0.25) is 4.98 Å². The van der Waals surface area contributed by atoms with Crippen molar-refractivity contribution in [3.05, 3.63) is 36.5 Å². The van der Waals surface area contributed by atoms with Crippen molar-refractivity contribution in [3.8, 4) is 0 Å². The van der Waals surface area contributed by atoms with Crippen LogP contribution in [0.5, 0.6) is 0 Å². The quantitative estimate of drug-likeness (QED) is 0.898. The van der Waals surface area contributed by atoms with Crippen LogP contribution in [0.2, 0.25) is 0 Å². The smallest absolute Gasteiger partial charge is 0.245 e. The van der Waals surface area contributed by atoms with Gasteiger partial charge in [0.15, 0.2) is 0 Å². The predicted octanol–water partition coefficient (Wildman–Crippen LogP) is 2.17. The number of fused-ring (bicyclic) bond motifs is 3. The second kappa shape index (κ2) is 6.36. The molecule has 124 valence electrons. The van der Waals surface area contributed by atoms with E-state index in [4.69, 9.17) is 0 Å². The number of nitrogens with zero attached hydrogens (tertiary/aromatic N) is 2. The molecule has 23 heavy (non-hydrogen) atoms. The van der Waals surface area contributed by atoms with Gasteiger partial charge in [-0.15, -0.1) is 12.4 Å². The Morgan fingerprint density at radius 1 is 1.09 bits per heavy atom. The predicted molar refractivity (Wildman–Crippen MR) is 92.3 cm³/mol. The lowest BCUT2D eigenvalue weighted by atomic mass is 10.1. The number of aromatic nitrogens is 1. The van der Waals surface area contributed by atoms with Crippen molar-refractivity contribution < 1.29 is 8.42 Å².